The smallest absolute Gasteiger partial charge is 0.475 e. The van der Waals surface area contributed by atoms with Crippen molar-refractivity contribution in [2.45, 2.75) is 19.3 Å². The number of nitrogens with zero attached hydrogens (tertiary/aromatic N) is 2. The monoisotopic (exact) mass is 477 g/mol. The van der Waals surface area contributed by atoms with Gasteiger partial charge < -0.3 is 24.5 Å². The third-order valence-electron chi connectivity index (χ3n) is 4.44. The number of ether oxygens (including phenoxy) is 2. The van der Waals surface area contributed by atoms with Crippen LogP contribution in [0.1, 0.15) is 21.6 Å². The highest BCUT2D eigenvalue weighted by atomic mass is 19.4. The molecule has 9 nitrogen and oxygen atoms in total. The van der Waals surface area contributed by atoms with E-state index in [0.717, 1.165) is 11.1 Å². The Hall–Kier alpha value is -4.35. The second kappa shape index (κ2) is 10.5. The number of H-pyrrole nitrogens is 1. The Morgan fingerprint density at radius 3 is 2.38 bits per heavy atom. The lowest BCUT2D eigenvalue weighted by molar-refractivity contribution is -0.192. The van der Waals surface area contributed by atoms with Gasteiger partial charge in [0.1, 0.15) is 5.69 Å². The summed E-state index contributed by atoms with van der Waals surface area (Å²) in [6, 6.07) is 13.8. The molecule has 178 valence electrons. The zero-order valence-corrected chi connectivity index (χ0v) is 17.4. The fourth-order valence-electron chi connectivity index (χ4n) is 2.91. The Kier molecular flexibility index (Phi) is 7.51. The molecule has 2 N–H and O–H groups in total. The van der Waals surface area contributed by atoms with Crippen LogP contribution < -0.4 is 15.0 Å². The zero-order chi connectivity index (χ0) is 24.7. The van der Waals surface area contributed by atoms with E-state index >= 15 is 0 Å². The van der Waals surface area contributed by atoms with Crippen LogP contribution >= 0.6 is 0 Å². The fourth-order valence-corrected chi connectivity index (χ4v) is 2.91. The first-order valence-electron chi connectivity index (χ1n) is 9.69. The molecule has 0 saturated carbocycles. The number of amides is 1. The number of carbonyl (C=O) groups is 2. The van der Waals surface area contributed by atoms with E-state index in [1.807, 2.05) is 30.3 Å². The van der Waals surface area contributed by atoms with E-state index in [1.165, 1.54) is 6.07 Å². The van der Waals surface area contributed by atoms with Crippen molar-refractivity contribution < 1.29 is 37.3 Å². The van der Waals surface area contributed by atoms with Crippen molar-refractivity contribution in [3.05, 3.63) is 88.1 Å². The lowest BCUT2D eigenvalue weighted by Crippen LogP contribution is -2.31. The molecule has 1 amide bonds. The maximum Gasteiger partial charge on any atom is 0.490 e. The largest absolute Gasteiger partial charge is 0.490 e. The Morgan fingerprint density at radius 2 is 1.74 bits per heavy atom. The van der Waals surface area contributed by atoms with Crippen molar-refractivity contribution in [3.8, 4) is 11.5 Å². The van der Waals surface area contributed by atoms with Crippen LogP contribution in [0.3, 0.4) is 0 Å². The van der Waals surface area contributed by atoms with Crippen molar-refractivity contribution in [3.63, 3.8) is 0 Å². The van der Waals surface area contributed by atoms with Gasteiger partial charge in [-0.2, -0.15) is 13.2 Å². The molecular formula is C22H18F3N3O6. The Morgan fingerprint density at radius 1 is 1.03 bits per heavy atom. The van der Waals surface area contributed by atoms with Gasteiger partial charge in [0.05, 0.1) is 0 Å². The summed E-state index contributed by atoms with van der Waals surface area (Å²) < 4.78 is 42.5. The molecule has 0 radical (unpaired) electrons. The summed E-state index contributed by atoms with van der Waals surface area (Å²) in [5.41, 5.74) is 1.72. The van der Waals surface area contributed by atoms with E-state index in [4.69, 9.17) is 19.4 Å². The molecule has 4 rings (SSSR count). The minimum absolute atomic E-state index is 0.197. The molecule has 3 heterocycles. The first kappa shape index (κ1) is 24.3. The molecule has 1 aliphatic heterocycles. The van der Waals surface area contributed by atoms with Gasteiger partial charge in [0.25, 0.3) is 5.91 Å². The van der Waals surface area contributed by atoms with E-state index in [0.29, 0.717) is 24.6 Å². The van der Waals surface area contributed by atoms with Gasteiger partial charge in [0.15, 0.2) is 11.5 Å². The average Bonchev–Trinajstić information content (AvgIpc) is 3.26. The van der Waals surface area contributed by atoms with Crippen LogP contribution in [-0.2, 0) is 17.9 Å². The van der Waals surface area contributed by atoms with Crippen LogP contribution in [0.2, 0.25) is 0 Å². The second-order valence-corrected chi connectivity index (χ2v) is 6.94. The quantitative estimate of drug-likeness (QED) is 0.579. The number of aliphatic carboxylic acids is 1. The fraction of sp³-hybridized carbons (Fsp3) is 0.182. The first-order valence-corrected chi connectivity index (χ1v) is 9.69. The molecule has 34 heavy (non-hydrogen) atoms. The number of halogens is 3. The molecule has 12 heteroatoms. The lowest BCUT2D eigenvalue weighted by Gasteiger charge is -2.23. The van der Waals surface area contributed by atoms with Crippen molar-refractivity contribution in [1.29, 1.82) is 0 Å². The van der Waals surface area contributed by atoms with Gasteiger partial charge in [-0.25, -0.2) is 4.79 Å². The number of hydrogen-bond donors (Lipinski definition) is 2. The summed E-state index contributed by atoms with van der Waals surface area (Å²) in [7, 11) is 0. The first-order chi connectivity index (χ1) is 16.1. The van der Waals surface area contributed by atoms with Crippen LogP contribution in [0.5, 0.6) is 11.5 Å². The second-order valence-electron chi connectivity index (χ2n) is 6.94. The van der Waals surface area contributed by atoms with E-state index in [9.17, 15) is 22.8 Å². The number of aromatic amines is 1. The number of carbonyl (C=O) groups excluding carboxylic acids is 1. The van der Waals surface area contributed by atoms with Crippen LogP contribution in [0.25, 0.3) is 0 Å². The number of fused-ring (bicyclic) bond motifs is 1. The minimum Gasteiger partial charge on any atom is -0.475 e. The number of benzene rings is 1. The maximum absolute atomic E-state index is 13.0. The molecule has 3 aromatic rings. The van der Waals surface area contributed by atoms with Crippen molar-refractivity contribution in [2.75, 3.05) is 6.79 Å². The number of alkyl halides is 3. The van der Waals surface area contributed by atoms with Gasteiger partial charge in [0.2, 0.25) is 12.4 Å². The molecular weight excluding hydrogens is 459 g/mol. The number of rotatable bonds is 5. The zero-order valence-electron chi connectivity index (χ0n) is 17.4. The van der Waals surface area contributed by atoms with Gasteiger partial charge in [0, 0.05) is 31.5 Å². The molecule has 0 unspecified atom stereocenters. The third-order valence-corrected chi connectivity index (χ3v) is 4.44. The van der Waals surface area contributed by atoms with E-state index < -0.39 is 12.1 Å². The molecule has 0 atom stereocenters. The number of nitrogens with one attached hydrogen (secondary N) is 1. The number of carboxylic acids is 1. The summed E-state index contributed by atoms with van der Waals surface area (Å²) in [5.74, 6) is -1.67. The number of pyridine rings is 2. The number of carboxylic acid groups (broad SMARTS) is 1. The van der Waals surface area contributed by atoms with Crippen LogP contribution in [0.4, 0.5) is 13.2 Å². The third kappa shape index (κ3) is 6.58. The molecule has 0 saturated heterocycles. The van der Waals surface area contributed by atoms with Crippen LogP contribution in [-0.4, -0.2) is 44.8 Å². The standard InChI is InChI=1S/C20H17N3O4.C2HF3O2/c24-19-5-1-4-16(22-19)20(25)23(12-15-3-2-8-21-10-15)11-14-6-7-17-18(9-14)27-13-26-17;3-2(4,5)1(6)7/h1-10H,11-13H2,(H,22,24);(H,6,7). The maximum atomic E-state index is 13.0. The Labute approximate surface area is 190 Å². The molecule has 1 aromatic carbocycles. The predicted octanol–water partition coefficient (Wildman–Crippen LogP) is 2.97. The summed E-state index contributed by atoms with van der Waals surface area (Å²) in [4.78, 5) is 41.9. The van der Waals surface area contributed by atoms with Crippen molar-refractivity contribution in [2.24, 2.45) is 0 Å². The summed E-state index contributed by atoms with van der Waals surface area (Å²) in [5, 5.41) is 7.12. The van der Waals surface area contributed by atoms with Crippen LogP contribution in [0, 0.1) is 0 Å². The lowest BCUT2D eigenvalue weighted by atomic mass is 10.1. The van der Waals surface area contributed by atoms with Crippen molar-refractivity contribution in [1.82, 2.24) is 14.9 Å². The van der Waals surface area contributed by atoms with Gasteiger partial charge >= 0.3 is 12.1 Å². The number of aromatic nitrogens is 2. The summed E-state index contributed by atoms with van der Waals surface area (Å²) in [6.07, 6.45) is -1.68. The van der Waals surface area contributed by atoms with Gasteiger partial charge in [-0.15, -0.1) is 0 Å². The molecule has 0 fully saturated rings. The van der Waals surface area contributed by atoms with E-state index in [2.05, 4.69) is 9.97 Å². The van der Waals surface area contributed by atoms with Gasteiger partial charge in [-0.3, -0.25) is 14.6 Å². The molecule has 2 aromatic heterocycles. The molecule has 0 aliphatic carbocycles. The van der Waals surface area contributed by atoms with Crippen molar-refractivity contribution >= 4 is 11.9 Å². The summed E-state index contributed by atoms with van der Waals surface area (Å²) >= 11 is 0. The highest BCUT2D eigenvalue weighted by Crippen LogP contribution is 2.33. The summed E-state index contributed by atoms with van der Waals surface area (Å²) in [6.45, 7) is 0.904. The minimum atomic E-state index is -5.08. The number of hydrogen-bond acceptors (Lipinski definition) is 6. The molecule has 0 bridgehead atoms. The molecule has 1 aliphatic rings. The molecule has 0 spiro atoms. The average molecular weight is 477 g/mol. The Bertz CT molecular complexity index is 1210. The van der Waals surface area contributed by atoms with Gasteiger partial charge in [-0.05, 0) is 35.4 Å². The van der Waals surface area contributed by atoms with E-state index in [1.54, 1.807) is 29.4 Å². The topological polar surface area (TPSA) is 122 Å². The SMILES string of the molecule is O=C(O)C(F)(F)F.O=C(c1cccc(=O)[nH]1)N(Cc1cccnc1)Cc1ccc2c(c1)OCO2. The highest BCUT2D eigenvalue weighted by Gasteiger charge is 2.38. The van der Waals surface area contributed by atoms with Crippen LogP contribution in [0.15, 0.2) is 65.7 Å². The van der Waals surface area contributed by atoms with Gasteiger partial charge in [-0.1, -0.05) is 18.2 Å². The highest BCUT2D eigenvalue weighted by molar-refractivity contribution is 5.92. The normalized spacial score (nSPS) is 11.9. The predicted molar refractivity (Wildman–Crippen MR) is 111 cm³/mol. The van der Waals surface area contributed by atoms with E-state index in [-0.39, 0.29) is 24.0 Å². The Balaban J connectivity index is 0.000000406.